The molecule has 1 heterocycles. The Hall–Kier alpha value is -0.900. The predicted octanol–water partition coefficient (Wildman–Crippen LogP) is 1.54. The summed E-state index contributed by atoms with van der Waals surface area (Å²) in [6.45, 7) is 7.38. The summed E-state index contributed by atoms with van der Waals surface area (Å²) in [4.78, 5) is 2.47. The van der Waals surface area contributed by atoms with E-state index in [-0.39, 0.29) is 0 Å². The first-order valence-corrected chi connectivity index (χ1v) is 7.00. The van der Waals surface area contributed by atoms with E-state index in [0.29, 0.717) is 0 Å². The number of hydrogen-bond acceptors (Lipinski definition) is 3. The molecule has 0 bridgehead atoms. The van der Waals surface area contributed by atoms with Gasteiger partial charge < -0.3 is 10.1 Å². The van der Waals surface area contributed by atoms with E-state index in [1.54, 1.807) is 0 Å². The molecule has 0 unspecified atom stereocenters. The molecule has 1 aromatic rings. The number of rotatable bonds is 7. The highest BCUT2D eigenvalue weighted by Gasteiger charge is 2.08. The lowest BCUT2D eigenvalue weighted by atomic mass is 10.1. The molecule has 0 radical (unpaired) electrons. The molecule has 0 saturated carbocycles. The van der Waals surface area contributed by atoms with Crippen LogP contribution in [-0.2, 0) is 11.2 Å². The lowest BCUT2D eigenvalue weighted by Crippen LogP contribution is -2.44. The molecule has 0 atom stereocenters. The van der Waals surface area contributed by atoms with Gasteiger partial charge in [0.25, 0.3) is 0 Å². The third-order valence-electron chi connectivity index (χ3n) is 3.36. The van der Waals surface area contributed by atoms with Crippen molar-refractivity contribution in [3.05, 3.63) is 35.9 Å². The van der Waals surface area contributed by atoms with Gasteiger partial charge in [-0.25, -0.2) is 0 Å². The van der Waals surface area contributed by atoms with E-state index in [1.165, 1.54) is 5.56 Å². The minimum Gasteiger partial charge on any atom is -0.380 e. The fourth-order valence-electron chi connectivity index (χ4n) is 2.25. The summed E-state index contributed by atoms with van der Waals surface area (Å²) in [5.74, 6) is 0. The maximum Gasteiger partial charge on any atom is 0.0593 e. The summed E-state index contributed by atoms with van der Waals surface area (Å²) in [7, 11) is 0. The molecular weight excluding hydrogens is 224 g/mol. The molecule has 1 aliphatic heterocycles. The molecule has 1 aliphatic rings. The minimum atomic E-state index is 0.870. The van der Waals surface area contributed by atoms with Gasteiger partial charge in [-0.05, 0) is 18.4 Å². The zero-order chi connectivity index (χ0) is 12.5. The van der Waals surface area contributed by atoms with Crippen LogP contribution in [0.3, 0.4) is 0 Å². The topological polar surface area (TPSA) is 24.5 Å². The van der Waals surface area contributed by atoms with Gasteiger partial charge in [0.1, 0.15) is 0 Å². The van der Waals surface area contributed by atoms with Crippen molar-refractivity contribution in [2.45, 2.75) is 12.8 Å². The third-order valence-corrected chi connectivity index (χ3v) is 3.36. The second-order valence-corrected chi connectivity index (χ2v) is 4.79. The van der Waals surface area contributed by atoms with Crippen molar-refractivity contribution in [3.8, 4) is 0 Å². The van der Waals surface area contributed by atoms with Crippen LogP contribution in [0.25, 0.3) is 0 Å². The van der Waals surface area contributed by atoms with Gasteiger partial charge >= 0.3 is 0 Å². The second-order valence-electron chi connectivity index (χ2n) is 4.79. The molecule has 1 N–H and O–H groups in total. The highest BCUT2D eigenvalue weighted by molar-refractivity contribution is 5.14. The number of piperazine rings is 1. The maximum atomic E-state index is 5.70. The lowest BCUT2D eigenvalue weighted by molar-refractivity contribution is 0.0976. The smallest absolute Gasteiger partial charge is 0.0593 e. The first-order valence-electron chi connectivity index (χ1n) is 7.00. The Balaban J connectivity index is 1.46. The summed E-state index contributed by atoms with van der Waals surface area (Å²) in [5.41, 5.74) is 1.41. The Labute approximate surface area is 110 Å². The molecule has 1 aromatic carbocycles. The molecule has 1 fully saturated rings. The first kappa shape index (κ1) is 13.5. The van der Waals surface area contributed by atoms with Crippen LogP contribution in [0.2, 0.25) is 0 Å². The summed E-state index contributed by atoms with van der Waals surface area (Å²) in [5, 5.41) is 3.36. The van der Waals surface area contributed by atoms with Crippen LogP contribution in [0.15, 0.2) is 30.3 Å². The highest BCUT2D eigenvalue weighted by atomic mass is 16.5. The van der Waals surface area contributed by atoms with Gasteiger partial charge in [0, 0.05) is 39.3 Å². The Morgan fingerprint density at radius 2 is 1.83 bits per heavy atom. The van der Waals surface area contributed by atoms with Crippen molar-refractivity contribution < 1.29 is 4.74 Å². The van der Waals surface area contributed by atoms with Crippen LogP contribution >= 0.6 is 0 Å². The number of ether oxygens (including phenoxy) is 1. The molecule has 0 aliphatic carbocycles. The van der Waals surface area contributed by atoms with E-state index >= 15 is 0 Å². The zero-order valence-corrected chi connectivity index (χ0v) is 11.1. The van der Waals surface area contributed by atoms with Crippen LogP contribution in [0.4, 0.5) is 0 Å². The summed E-state index contributed by atoms with van der Waals surface area (Å²) < 4.78 is 5.70. The molecular formula is C15H24N2O. The number of nitrogens with one attached hydrogen (secondary N) is 1. The Morgan fingerprint density at radius 1 is 1.06 bits per heavy atom. The maximum absolute atomic E-state index is 5.70. The van der Waals surface area contributed by atoms with Crippen molar-refractivity contribution in [3.63, 3.8) is 0 Å². The van der Waals surface area contributed by atoms with E-state index in [2.05, 4.69) is 40.5 Å². The van der Waals surface area contributed by atoms with Crippen molar-refractivity contribution >= 4 is 0 Å². The van der Waals surface area contributed by atoms with Crippen molar-refractivity contribution in [1.29, 1.82) is 0 Å². The zero-order valence-electron chi connectivity index (χ0n) is 11.1. The van der Waals surface area contributed by atoms with Gasteiger partial charge in [-0.3, -0.25) is 4.90 Å². The minimum absolute atomic E-state index is 0.870. The number of benzene rings is 1. The quantitative estimate of drug-likeness (QED) is 0.741. The average molecular weight is 248 g/mol. The van der Waals surface area contributed by atoms with E-state index in [9.17, 15) is 0 Å². The van der Waals surface area contributed by atoms with E-state index in [0.717, 1.165) is 58.8 Å². The molecule has 3 nitrogen and oxygen atoms in total. The van der Waals surface area contributed by atoms with Gasteiger partial charge in [0.05, 0.1) is 6.61 Å². The van der Waals surface area contributed by atoms with Gasteiger partial charge in [0.2, 0.25) is 0 Å². The van der Waals surface area contributed by atoms with Crippen LogP contribution in [0, 0.1) is 0 Å². The van der Waals surface area contributed by atoms with E-state index in [4.69, 9.17) is 4.74 Å². The summed E-state index contributed by atoms with van der Waals surface area (Å²) in [6.07, 6.45) is 2.24. The standard InChI is InChI=1S/C15H24N2O/c1-2-5-15(6-3-1)7-4-13-18-14-12-17-10-8-16-9-11-17/h1-3,5-6,16H,4,7-14H2. The highest BCUT2D eigenvalue weighted by Crippen LogP contribution is 2.02. The largest absolute Gasteiger partial charge is 0.380 e. The Kier molecular flexibility index (Phi) is 6.20. The summed E-state index contributed by atoms with van der Waals surface area (Å²) >= 11 is 0. The predicted molar refractivity (Wildman–Crippen MR) is 74.9 cm³/mol. The van der Waals surface area contributed by atoms with Crippen molar-refractivity contribution in [2.75, 3.05) is 45.9 Å². The molecule has 2 rings (SSSR count). The van der Waals surface area contributed by atoms with Crippen LogP contribution in [0.1, 0.15) is 12.0 Å². The van der Waals surface area contributed by atoms with Crippen LogP contribution in [-0.4, -0.2) is 50.8 Å². The van der Waals surface area contributed by atoms with Gasteiger partial charge in [0.15, 0.2) is 0 Å². The normalized spacial score (nSPS) is 16.9. The number of hydrogen-bond donors (Lipinski definition) is 1. The molecule has 18 heavy (non-hydrogen) atoms. The fraction of sp³-hybridized carbons (Fsp3) is 0.600. The number of nitrogens with zero attached hydrogens (tertiary/aromatic N) is 1. The first-order chi connectivity index (χ1) is 8.95. The Bertz CT molecular complexity index is 310. The average Bonchev–Trinajstić information content (AvgIpc) is 2.45. The van der Waals surface area contributed by atoms with Gasteiger partial charge in [-0.2, -0.15) is 0 Å². The van der Waals surface area contributed by atoms with E-state index in [1.807, 2.05) is 0 Å². The summed E-state index contributed by atoms with van der Waals surface area (Å²) in [6, 6.07) is 10.6. The van der Waals surface area contributed by atoms with Gasteiger partial charge in [-0.15, -0.1) is 0 Å². The number of aryl methyl sites for hydroxylation is 1. The van der Waals surface area contributed by atoms with Crippen LogP contribution < -0.4 is 5.32 Å². The van der Waals surface area contributed by atoms with E-state index < -0.39 is 0 Å². The van der Waals surface area contributed by atoms with Crippen LogP contribution in [0.5, 0.6) is 0 Å². The second kappa shape index (κ2) is 8.25. The molecule has 3 heteroatoms. The molecule has 0 spiro atoms. The molecule has 0 amide bonds. The molecule has 0 aromatic heterocycles. The third kappa shape index (κ3) is 5.17. The van der Waals surface area contributed by atoms with Gasteiger partial charge in [-0.1, -0.05) is 30.3 Å². The Morgan fingerprint density at radius 3 is 2.61 bits per heavy atom. The van der Waals surface area contributed by atoms with Crippen molar-refractivity contribution in [2.24, 2.45) is 0 Å². The SMILES string of the molecule is c1ccc(CCCOCCN2CCNCC2)cc1. The fourth-order valence-corrected chi connectivity index (χ4v) is 2.25. The monoisotopic (exact) mass is 248 g/mol. The lowest BCUT2D eigenvalue weighted by Gasteiger charge is -2.26. The molecule has 100 valence electrons. The van der Waals surface area contributed by atoms with Crippen molar-refractivity contribution in [1.82, 2.24) is 10.2 Å². The molecule has 1 saturated heterocycles.